The Morgan fingerprint density at radius 1 is 1.00 bits per heavy atom. The molecule has 0 radical (unpaired) electrons. The quantitative estimate of drug-likeness (QED) is 0.698. The molecule has 0 aliphatic heterocycles. The van der Waals surface area contributed by atoms with Gasteiger partial charge in [-0.05, 0) is 54.8 Å². The number of nitrogens with zero attached hydrogens (tertiary/aromatic N) is 2. The molecule has 5 nitrogen and oxygen atoms in total. The summed E-state index contributed by atoms with van der Waals surface area (Å²) >= 11 is 0. The Bertz CT molecular complexity index is 1030. The molecule has 0 saturated heterocycles. The lowest BCUT2D eigenvalue weighted by atomic mass is 10.1. The average Bonchev–Trinajstić information content (AvgIpc) is 2.66. The summed E-state index contributed by atoms with van der Waals surface area (Å²) in [5.74, 6) is 0.789. The molecule has 1 N–H and O–H groups in total. The van der Waals surface area contributed by atoms with E-state index in [4.69, 9.17) is 4.98 Å². The number of sulfone groups is 1. The van der Waals surface area contributed by atoms with Gasteiger partial charge in [-0.25, -0.2) is 13.4 Å². The van der Waals surface area contributed by atoms with Gasteiger partial charge in [0, 0.05) is 30.3 Å². The maximum Gasteiger partial charge on any atom is 0.175 e. The summed E-state index contributed by atoms with van der Waals surface area (Å²) in [6, 6.07) is 14.9. The number of pyridine rings is 2. The van der Waals surface area contributed by atoms with Gasteiger partial charge in [0.2, 0.25) is 0 Å². The zero-order valence-electron chi connectivity index (χ0n) is 15.7. The van der Waals surface area contributed by atoms with Crippen molar-refractivity contribution >= 4 is 15.7 Å². The molecule has 2 heterocycles. The second-order valence-corrected chi connectivity index (χ2v) is 8.57. The normalized spacial score (nSPS) is 11.4. The Kier molecular flexibility index (Phi) is 5.56. The van der Waals surface area contributed by atoms with E-state index < -0.39 is 9.84 Å². The number of anilines is 1. The second-order valence-electron chi connectivity index (χ2n) is 6.56. The van der Waals surface area contributed by atoms with E-state index in [1.807, 2.05) is 37.4 Å². The topological polar surface area (TPSA) is 72.0 Å². The monoisotopic (exact) mass is 381 g/mol. The van der Waals surface area contributed by atoms with Crippen molar-refractivity contribution in [1.82, 2.24) is 9.97 Å². The molecular weight excluding hydrogens is 358 g/mol. The van der Waals surface area contributed by atoms with Crippen LogP contribution in [0.4, 0.5) is 5.82 Å². The highest BCUT2D eigenvalue weighted by atomic mass is 32.2. The fraction of sp³-hybridized carbons (Fsp3) is 0.238. The van der Waals surface area contributed by atoms with Gasteiger partial charge in [0.25, 0.3) is 0 Å². The molecule has 0 aliphatic carbocycles. The Morgan fingerprint density at radius 3 is 2.33 bits per heavy atom. The minimum Gasteiger partial charge on any atom is -0.366 e. The predicted octanol–water partition coefficient (Wildman–Crippen LogP) is 4.03. The molecule has 2 aromatic heterocycles. The van der Waals surface area contributed by atoms with Crippen molar-refractivity contribution in [2.24, 2.45) is 0 Å². The molecule has 3 rings (SSSR count). The number of hydrogen-bond donors (Lipinski definition) is 1. The van der Waals surface area contributed by atoms with Crippen molar-refractivity contribution in [2.75, 3.05) is 11.6 Å². The summed E-state index contributed by atoms with van der Waals surface area (Å²) in [5.41, 5.74) is 4.95. The van der Waals surface area contributed by atoms with Crippen LogP contribution in [0, 0.1) is 6.92 Å². The highest BCUT2D eigenvalue weighted by molar-refractivity contribution is 7.90. The summed E-state index contributed by atoms with van der Waals surface area (Å²) < 4.78 is 23.3. The third-order valence-corrected chi connectivity index (χ3v) is 5.45. The van der Waals surface area contributed by atoms with E-state index in [2.05, 4.69) is 17.2 Å². The van der Waals surface area contributed by atoms with Gasteiger partial charge in [0.1, 0.15) is 5.82 Å². The van der Waals surface area contributed by atoms with Crippen LogP contribution in [0.2, 0.25) is 0 Å². The Morgan fingerprint density at radius 2 is 1.74 bits per heavy atom. The number of rotatable bonds is 6. The van der Waals surface area contributed by atoms with Gasteiger partial charge < -0.3 is 5.32 Å². The van der Waals surface area contributed by atoms with Gasteiger partial charge in [-0.1, -0.05) is 25.1 Å². The average molecular weight is 382 g/mol. The van der Waals surface area contributed by atoms with Gasteiger partial charge in [-0.15, -0.1) is 0 Å². The highest BCUT2D eigenvalue weighted by Gasteiger charge is 2.09. The van der Waals surface area contributed by atoms with Crippen LogP contribution >= 0.6 is 0 Å². The minimum absolute atomic E-state index is 0.308. The lowest BCUT2D eigenvalue weighted by Gasteiger charge is -2.11. The molecule has 0 fully saturated rings. The van der Waals surface area contributed by atoms with E-state index in [9.17, 15) is 8.42 Å². The molecular formula is C21H23N3O2S. The van der Waals surface area contributed by atoms with E-state index >= 15 is 0 Å². The van der Waals surface area contributed by atoms with Crippen LogP contribution in [-0.4, -0.2) is 24.6 Å². The van der Waals surface area contributed by atoms with E-state index in [1.54, 1.807) is 24.3 Å². The number of aromatic nitrogens is 2. The Labute approximate surface area is 160 Å². The molecule has 0 saturated carbocycles. The molecule has 0 spiro atoms. The van der Waals surface area contributed by atoms with Crippen LogP contribution < -0.4 is 5.32 Å². The molecule has 1 aromatic carbocycles. The molecule has 0 unspecified atom stereocenters. The van der Waals surface area contributed by atoms with E-state index in [0.717, 1.165) is 40.3 Å². The standard InChI is InChI=1S/C21H23N3O2S/c1-4-16-11-20(18-7-9-19(10-8-18)27(3,25)26)24-21(12-16)23-14-17-6-5-15(2)22-13-17/h5-13H,4,14H2,1-3H3,(H,23,24). The summed E-state index contributed by atoms with van der Waals surface area (Å²) in [6.45, 7) is 4.70. The first-order valence-corrected chi connectivity index (χ1v) is 10.7. The zero-order chi connectivity index (χ0) is 19.4. The summed E-state index contributed by atoms with van der Waals surface area (Å²) in [4.78, 5) is 9.31. The highest BCUT2D eigenvalue weighted by Crippen LogP contribution is 2.23. The Balaban J connectivity index is 1.85. The second kappa shape index (κ2) is 7.88. The van der Waals surface area contributed by atoms with Crippen molar-refractivity contribution in [3.63, 3.8) is 0 Å². The van der Waals surface area contributed by atoms with Crippen molar-refractivity contribution in [1.29, 1.82) is 0 Å². The first-order valence-electron chi connectivity index (χ1n) is 8.82. The smallest absolute Gasteiger partial charge is 0.175 e. The largest absolute Gasteiger partial charge is 0.366 e. The van der Waals surface area contributed by atoms with Crippen LogP contribution in [0.25, 0.3) is 11.3 Å². The van der Waals surface area contributed by atoms with E-state index in [0.29, 0.717) is 11.4 Å². The molecule has 0 amide bonds. The first-order chi connectivity index (χ1) is 12.8. The molecule has 0 aliphatic rings. The fourth-order valence-electron chi connectivity index (χ4n) is 2.70. The molecule has 0 bridgehead atoms. The van der Waals surface area contributed by atoms with Crippen molar-refractivity contribution in [3.05, 3.63) is 71.5 Å². The zero-order valence-corrected chi connectivity index (χ0v) is 16.5. The van der Waals surface area contributed by atoms with Crippen LogP contribution in [0.5, 0.6) is 0 Å². The van der Waals surface area contributed by atoms with Crippen molar-refractivity contribution < 1.29 is 8.42 Å². The SMILES string of the molecule is CCc1cc(NCc2ccc(C)nc2)nc(-c2ccc(S(C)(=O)=O)cc2)c1. The lowest BCUT2D eigenvalue weighted by molar-refractivity contribution is 0.602. The van der Waals surface area contributed by atoms with Crippen LogP contribution in [0.1, 0.15) is 23.7 Å². The third-order valence-electron chi connectivity index (χ3n) is 4.32. The van der Waals surface area contributed by atoms with Crippen LogP contribution in [0.15, 0.2) is 59.6 Å². The number of aryl methyl sites for hydroxylation is 2. The number of hydrogen-bond acceptors (Lipinski definition) is 5. The lowest BCUT2D eigenvalue weighted by Crippen LogP contribution is -2.03. The van der Waals surface area contributed by atoms with Gasteiger partial charge in [0.15, 0.2) is 9.84 Å². The maximum absolute atomic E-state index is 11.6. The minimum atomic E-state index is -3.20. The van der Waals surface area contributed by atoms with Crippen LogP contribution in [-0.2, 0) is 22.8 Å². The molecule has 140 valence electrons. The molecule has 27 heavy (non-hydrogen) atoms. The van der Waals surface area contributed by atoms with Crippen molar-refractivity contribution in [2.45, 2.75) is 31.7 Å². The number of nitrogens with one attached hydrogen (secondary N) is 1. The van der Waals surface area contributed by atoms with Crippen molar-refractivity contribution in [3.8, 4) is 11.3 Å². The van der Waals surface area contributed by atoms with E-state index in [1.165, 1.54) is 6.26 Å². The summed E-state index contributed by atoms with van der Waals surface area (Å²) in [7, 11) is -3.20. The summed E-state index contributed by atoms with van der Waals surface area (Å²) in [5, 5.41) is 3.35. The van der Waals surface area contributed by atoms with Gasteiger partial charge in [-0.2, -0.15) is 0 Å². The van der Waals surface area contributed by atoms with Gasteiger partial charge >= 0.3 is 0 Å². The van der Waals surface area contributed by atoms with Crippen LogP contribution in [0.3, 0.4) is 0 Å². The molecule has 6 heteroatoms. The van der Waals surface area contributed by atoms with Gasteiger partial charge in [-0.3, -0.25) is 4.98 Å². The summed E-state index contributed by atoms with van der Waals surface area (Å²) in [6.07, 6.45) is 3.95. The maximum atomic E-state index is 11.6. The molecule has 3 aromatic rings. The number of benzene rings is 1. The Hall–Kier alpha value is -2.73. The third kappa shape index (κ3) is 4.92. The fourth-order valence-corrected chi connectivity index (χ4v) is 3.33. The predicted molar refractivity (Wildman–Crippen MR) is 108 cm³/mol. The molecule has 0 atom stereocenters. The van der Waals surface area contributed by atoms with Gasteiger partial charge in [0.05, 0.1) is 10.6 Å². The van der Waals surface area contributed by atoms with E-state index in [-0.39, 0.29) is 0 Å². The first kappa shape index (κ1) is 19.0.